The smallest absolute Gasteiger partial charge is 0.260 e. The molecular weight excluding hydrogens is 386 g/mol. The molecule has 0 unspecified atom stereocenters. The average molecular weight is 413 g/mol. The van der Waals surface area contributed by atoms with E-state index in [-0.39, 0.29) is 29.9 Å². The van der Waals surface area contributed by atoms with Crippen molar-refractivity contribution in [1.29, 1.82) is 0 Å². The van der Waals surface area contributed by atoms with Crippen molar-refractivity contribution in [3.63, 3.8) is 0 Å². The highest BCUT2D eigenvalue weighted by Gasteiger charge is 2.33. The Morgan fingerprint density at radius 1 is 1.30 bits per heavy atom. The second-order valence-corrected chi connectivity index (χ2v) is 8.54. The molecule has 160 valence electrons. The second-order valence-electron chi connectivity index (χ2n) is 8.54. The van der Waals surface area contributed by atoms with Gasteiger partial charge < -0.3 is 24.2 Å². The van der Waals surface area contributed by atoms with Crippen LogP contribution < -0.4 is 14.8 Å². The number of ether oxygens (including phenoxy) is 2. The first-order valence-corrected chi connectivity index (χ1v) is 10.3. The van der Waals surface area contributed by atoms with Crippen LogP contribution in [-0.4, -0.2) is 47.2 Å². The third kappa shape index (κ3) is 4.42. The van der Waals surface area contributed by atoms with Gasteiger partial charge in [0.1, 0.15) is 11.4 Å². The maximum absolute atomic E-state index is 12.6. The van der Waals surface area contributed by atoms with Gasteiger partial charge in [0.05, 0.1) is 0 Å². The van der Waals surface area contributed by atoms with Crippen molar-refractivity contribution in [2.24, 2.45) is 5.92 Å². The van der Waals surface area contributed by atoms with Crippen molar-refractivity contribution in [2.75, 3.05) is 25.0 Å². The van der Waals surface area contributed by atoms with Gasteiger partial charge in [-0.2, -0.15) is 0 Å². The number of piperidine rings is 1. The first-order valence-electron chi connectivity index (χ1n) is 10.3. The molecule has 4 rings (SSSR count). The van der Waals surface area contributed by atoms with Gasteiger partial charge in [0.2, 0.25) is 5.91 Å². The van der Waals surface area contributed by atoms with E-state index in [1.54, 1.807) is 17.9 Å². The Balaban J connectivity index is 1.26. The van der Waals surface area contributed by atoms with E-state index in [0.717, 1.165) is 17.7 Å². The number of benzene rings is 1. The van der Waals surface area contributed by atoms with E-state index < -0.39 is 0 Å². The fourth-order valence-electron chi connectivity index (χ4n) is 3.98. The molecule has 1 aromatic carbocycles. The van der Waals surface area contributed by atoms with Gasteiger partial charge in [0.25, 0.3) is 5.91 Å². The summed E-state index contributed by atoms with van der Waals surface area (Å²) in [7, 11) is 0. The van der Waals surface area contributed by atoms with Crippen LogP contribution in [0.25, 0.3) is 0 Å². The number of likely N-dealkylation sites (tertiary alicyclic amines) is 1. The third-order valence-corrected chi connectivity index (χ3v) is 5.50. The van der Waals surface area contributed by atoms with Gasteiger partial charge >= 0.3 is 0 Å². The van der Waals surface area contributed by atoms with Crippen LogP contribution in [0.3, 0.4) is 0 Å². The Morgan fingerprint density at radius 2 is 2.07 bits per heavy atom. The van der Waals surface area contributed by atoms with Crippen LogP contribution in [0.5, 0.6) is 11.5 Å². The maximum Gasteiger partial charge on any atom is 0.260 e. The summed E-state index contributed by atoms with van der Waals surface area (Å²) in [6, 6.07) is 7.45. The third-order valence-electron chi connectivity index (χ3n) is 5.50. The molecule has 2 aliphatic rings. The van der Waals surface area contributed by atoms with E-state index in [1.807, 2.05) is 32.0 Å². The predicted octanol–water partition coefficient (Wildman–Crippen LogP) is 2.95. The monoisotopic (exact) mass is 413 g/mol. The molecule has 1 fully saturated rings. The van der Waals surface area contributed by atoms with Crippen molar-refractivity contribution in [3.8, 4) is 11.5 Å². The normalized spacial score (nSPS) is 17.9. The molecule has 1 aromatic heterocycles. The molecule has 0 radical (unpaired) electrons. The van der Waals surface area contributed by atoms with E-state index in [4.69, 9.17) is 14.0 Å². The predicted molar refractivity (Wildman–Crippen MR) is 110 cm³/mol. The number of carbonyl (C=O) groups is 2. The standard InChI is InChI=1S/C22H27N3O5/c1-14-11-18(24-30-14)23-21(27)15-7-9-25(10-8-15)19(26)13-28-17-6-4-5-16-12-22(2,3)29-20(16)17/h4-6,11,15H,7-10,12-13H2,1-3H3,(H,23,24,27). The largest absolute Gasteiger partial charge is 0.483 e. The summed E-state index contributed by atoms with van der Waals surface area (Å²) >= 11 is 0. The van der Waals surface area contributed by atoms with E-state index in [1.165, 1.54) is 0 Å². The summed E-state index contributed by atoms with van der Waals surface area (Å²) in [5.74, 6) is 2.06. The fraction of sp³-hybridized carbons (Fsp3) is 0.500. The van der Waals surface area contributed by atoms with Gasteiger partial charge in [-0.1, -0.05) is 17.3 Å². The molecule has 0 aliphatic carbocycles. The molecule has 0 saturated carbocycles. The number of nitrogens with zero attached hydrogens (tertiary/aromatic N) is 2. The average Bonchev–Trinajstić information content (AvgIpc) is 3.26. The Morgan fingerprint density at radius 3 is 2.77 bits per heavy atom. The Labute approximate surface area is 175 Å². The molecular formula is C22H27N3O5. The summed E-state index contributed by atoms with van der Waals surface area (Å²) in [6.07, 6.45) is 2.02. The highest BCUT2D eigenvalue weighted by Crippen LogP contribution is 2.41. The first-order chi connectivity index (χ1) is 14.3. The molecule has 2 aromatic rings. The Kier molecular flexibility index (Phi) is 5.40. The molecule has 1 N–H and O–H groups in total. The van der Waals surface area contributed by atoms with Crippen LogP contribution >= 0.6 is 0 Å². The SMILES string of the molecule is Cc1cc(NC(=O)C2CCN(C(=O)COc3cccc4c3OC(C)(C)C4)CC2)no1. The molecule has 8 nitrogen and oxygen atoms in total. The molecule has 0 bridgehead atoms. The molecule has 0 atom stereocenters. The number of aryl methyl sites for hydroxylation is 1. The van der Waals surface area contributed by atoms with E-state index in [9.17, 15) is 9.59 Å². The number of hydrogen-bond acceptors (Lipinski definition) is 6. The van der Waals surface area contributed by atoms with Gasteiger partial charge in [0, 0.05) is 37.1 Å². The highest BCUT2D eigenvalue weighted by molar-refractivity contribution is 5.91. The topological polar surface area (TPSA) is 93.9 Å². The van der Waals surface area contributed by atoms with Crippen LogP contribution in [-0.2, 0) is 16.0 Å². The summed E-state index contributed by atoms with van der Waals surface area (Å²) in [4.78, 5) is 26.7. The lowest BCUT2D eigenvalue weighted by molar-refractivity contribution is -0.136. The van der Waals surface area contributed by atoms with E-state index >= 15 is 0 Å². The second kappa shape index (κ2) is 8.01. The van der Waals surface area contributed by atoms with Crippen molar-refractivity contribution in [2.45, 2.75) is 45.6 Å². The van der Waals surface area contributed by atoms with Crippen LogP contribution in [0.4, 0.5) is 5.82 Å². The number of para-hydroxylation sites is 1. The minimum absolute atomic E-state index is 0.0463. The number of anilines is 1. The van der Waals surface area contributed by atoms with Gasteiger partial charge in [-0.05, 0) is 39.7 Å². The van der Waals surface area contributed by atoms with Gasteiger partial charge in [0.15, 0.2) is 23.9 Å². The van der Waals surface area contributed by atoms with E-state index in [2.05, 4.69) is 10.5 Å². The van der Waals surface area contributed by atoms with Crippen LogP contribution in [0, 0.1) is 12.8 Å². The maximum atomic E-state index is 12.6. The van der Waals surface area contributed by atoms with Crippen LogP contribution in [0.15, 0.2) is 28.8 Å². The quantitative estimate of drug-likeness (QED) is 0.810. The summed E-state index contributed by atoms with van der Waals surface area (Å²) in [5, 5.41) is 6.55. The van der Waals surface area contributed by atoms with Crippen molar-refractivity contribution < 1.29 is 23.6 Å². The number of hydrogen-bond donors (Lipinski definition) is 1. The Hall–Kier alpha value is -3.03. The van der Waals surface area contributed by atoms with Crippen molar-refractivity contribution >= 4 is 17.6 Å². The summed E-state index contributed by atoms with van der Waals surface area (Å²) in [5.41, 5.74) is 0.831. The molecule has 30 heavy (non-hydrogen) atoms. The van der Waals surface area contributed by atoms with Gasteiger partial charge in [-0.25, -0.2) is 0 Å². The minimum Gasteiger partial charge on any atom is -0.483 e. The molecule has 2 aliphatic heterocycles. The fourth-order valence-corrected chi connectivity index (χ4v) is 3.98. The van der Waals surface area contributed by atoms with Gasteiger partial charge in [-0.3, -0.25) is 9.59 Å². The van der Waals surface area contributed by atoms with E-state index in [0.29, 0.717) is 43.3 Å². The number of aromatic nitrogens is 1. The number of rotatable bonds is 5. The number of nitrogens with one attached hydrogen (secondary N) is 1. The number of carbonyl (C=O) groups excluding carboxylic acids is 2. The molecule has 0 spiro atoms. The lowest BCUT2D eigenvalue weighted by atomic mass is 9.96. The zero-order valence-electron chi connectivity index (χ0n) is 17.6. The lowest BCUT2D eigenvalue weighted by Gasteiger charge is -2.31. The Bertz CT molecular complexity index is 944. The number of fused-ring (bicyclic) bond motifs is 1. The van der Waals surface area contributed by atoms with Crippen molar-refractivity contribution in [1.82, 2.24) is 10.1 Å². The minimum atomic E-state index is -0.265. The molecule has 1 saturated heterocycles. The van der Waals surface area contributed by atoms with Crippen LogP contribution in [0.1, 0.15) is 38.0 Å². The molecule has 3 heterocycles. The highest BCUT2D eigenvalue weighted by atomic mass is 16.5. The number of amides is 2. The zero-order chi connectivity index (χ0) is 21.3. The first kappa shape index (κ1) is 20.3. The summed E-state index contributed by atoms with van der Waals surface area (Å²) in [6.45, 7) is 6.84. The molecule has 2 amide bonds. The zero-order valence-corrected chi connectivity index (χ0v) is 17.6. The lowest BCUT2D eigenvalue weighted by Crippen LogP contribution is -2.43. The van der Waals surface area contributed by atoms with Gasteiger partial charge in [-0.15, -0.1) is 0 Å². The molecule has 8 heteroatoms. The summed E-state index contributed by atoms with van der Waals surface area (Å²) < 4.78 is 16.7. The van der Waals surface area contributed by atoms with Crippen LogP contribution in [0.2, 0.25) is 0 Å². The van der Waals surface area contributed by atoms with Crippen molar-refractivity contribution in [3.05, 3.63) is 35.6 Å².